The van der Waals surface area contributed by atoms with E-state index in [1.54, 1.807) is 0 Å². The van der Waals surface area contributed by atoms with Gasteiger partial charge in [-0.3, -0.25) is 0 Å². The average Bonchev–Trinajstić information content (AvgIpc) is 3.59. The van der Waals surface area contributed by atoms with E-state index in [1.807, 2.05) is 61.5 Å². The van der Waals surface area contributed by atoms with Gasteiger partial charge in [-0.15, -0.1) is 0 Å². The minimum absolute atomic E-state index is 0.604. The van der Waals surface area contributed by atoms with Crippen LogP contribution in [-0.4, -0.2) is 15.0 Å². The highest BCUT2D eigenvalue weighted by atomic mass is 16.3. The van der Waals surface area contributed by atoms with Gasteiger partial charge in [-0.05, 0) is 69.8 Å². The third-order valence-electron chi connectivity index (χ3n) is 9.47. The quantitative estimate of drug-likeness (QED) is 0.159. The van der Waals surface area contributed by atoms with E-state index in [1.165, 1.54) is 22.1 Å². The topological polar surface area (TPSA) is 51.8 Å². The van der Waals surface area contributed by atoms with Crippen molar-refractivity contribution >= 4 is 38.8 Å². The molecule has 0 saturated carbocycles. The molecule has 4 heteroatoms. The Kier molecular flexibility index (Phi) is 8.03. The van der Waals surface area contributed by atoms with Gasteiger partial charge in [0.25, 0.3) is 0 Å². The van der Waals surface area contributed by atoms with Crippen molar-refractivity contribution in [1.29, 1.82) is 0 Å². The molecule has 7 aromatic carbocycles. The molecule has 9 aromatic rings. The van der Waals surface area contributed by atoms with Crippen molar-refractivity contribution < 1.29 is 4.42 Å². The summed E-state index contributed by atoms with van der Waals surface area (Å²) in [5, 5.41) is 4.31. The maximum absolute atomic E-state index is 6.51. The van der Waals surface area contributed by atoms with Crippen LogP contribution in [0.2, 0.25) is 0 Å². The molecule has 52 heavy (non-hydrogen) atoms. The van der Waals surface area contributed by atoms with Crippen LogP contribution in [0.1, 0.15) is 12.5 Å². The van der Waals surface area contributed by atoms with Crippen molar-refractivity contribution in [2.45, 2.75) is 6.92 Å². The second-order valence-corrected chi connectivity index (χ2v) is 12.8. The van der Waals surface area contributed by atoms with Gasteiger partial charge in [0.1, 0.15) is 11.2 Å². The van der Waals surface area contributed by atoms with E-state index < -0.39 is 0 Å². The third-order valence-corrected chi connectivity index (χ3v) is 9.47. The summed E-state index contributed by atoms with van der Waals surface area (Å²) in [6.07, 6.45) is 8.23. The van der Waals surface area contributed by atoms with E-state index in [0.717, 1.165) is 55.1 Å². The monoisotopic (exact) mass is 667 g/mol. The maximum Gasteiger partial charge on any atom is 0.164 e. The zero-order valence-electron chi connectivity index (χ0n) is 28.6. The SMILES string of the molecule is C/C=C\C=C/c1ccc(-c2ccc(-c3ccc4c(c3)oc3cccc(-c5nc(-c6ccccc6)nc(-c6ccc7ccccc7c6)n5)c34)cc2)cc1. The number of rotatable bonds is 7. The summed E-state index contributed by atoms with van der Waals surface area (Å²) < 4.78 is 6.51. The molecule has 0 N–H and O–H groups in total. The van der Waals surface area contributed by atoms with E-state index in [9.17, 15) is 0 Å². The Bertz CT molecular complexity index is 2780. The van der Waals surface area contributed by atoms with Gasteiger partial charge in [0.05, 0.1) is 0 Å². The van der Waals surface area contributed by atoms with E-state index in [2.05, 4.69) is 127 Å². The third kappa shape index (κ3) is 5.97. The summed E-state index contributed by atoms with van der Waals surface area (Å²) in [6.45, 7) is 2.02. The lowest BCUT2D eigenvalue weighted by Crippen LogP contribution is -2.00. The Hall–Kier alpha value is -6.91. The molecule has 0 bridgehead atoms. The average molecular weight is 668 g/mol. The van der Waals surface area contributed by atoms with Gasteiger partial charge in [0, 0.05) is 27.5 Å². The molecule has 0 aliphatic rings. The molecule has 0 atom stereocenters. The van der Waals surface area contributed by atoms with E-state index in [0.29, 0.717) is 17.5 Å². The van der Waals surface area contributed by atoms with Gasteiger partial charge in [-0.1, -0.05) is 158 Å². The molecule has 2 aromatic heterocycles. The number of allylic oxidation sites excluding steroid dienone is 3. The van der Waals surface area contributed by atoms with Crippen molar-refractivity contribution in [3.63, 3.8) is 0 Å². The van der Waals surface area contributed by atoms with Crippen LogP contribution in [0.15, 0.2) is 180 Å². The summed E-state index contributed by atoms with van der Waals surface area (Å²) in [6, 6.07) is 54.6. The zero-order valence-corrected chi connectivity index (χ0v) is 28.6. The number of hydrogen-bond donors (Lipinski definition) is 0. The van der Waals surface area contributed by atoms with Crippen molar-refractivity contribution in [3.05, 3.63) is 182 Å². The summed E-state index contributed by atoms with van der Waals surface area (Å²) in [4.78, 5) is 15.1. The standard InChI is InChI=1S/C48H33N3O/c1-2-3-5-11-32-18-20-34(21-19-32)35-22-24-36(25-23-35)39-28-29-41-44(31-39)52-43-17-10-16-42(45(41)43)48-50-46(37-13-6-4-7-14-37)49-47(51-48)40-27-26-33-12-8-9-15-38(33)30-40/h2-31H,1H3/b3-2-,11-5-. The van der Waals surface area contributed by atoms with E-state index >= 15 is 0 Å². The summed E-state index contributed by atoms with van der Waals surface area (Å²) in [5.41, 5.74) is 10.1. The van der Waals surface area contributed by atoms with E-state index in [4.69, 9.17) is 19.4 Å². The lowest BCUT2D eigenvalue weighted by atomic mass is 9.98. The summed E-state index contributed by atoms with van der Waals surface area (Å²) >= 11 is 0. The second-order valence-electron chi connectivity index (χ2n) is 12.8. The molecule has 2 heterocycles. The van der Waals surface area contributed by atoms with E-state index in [-0.39, 0.29) is 0 Å². The van der Waals surface area contributed by atoms with Crippen molar-refractivity contribution in [3.8, 4) is 56.4 Å². The van der Waals surface area contributed by atoms with Crippen LogP contribution < -0.4 is 0 Å². The minimum Gasteiger partial charge on any atom is -0.456 e. The fourth-order valence-corrected chi connectivity index (χ4v) is 6.78. The Morgan fingerprint density at radius 2 is 1.08 bits per heavy atom. The van der Waals surface area contributed by atoms with Crippen molar-refractivity contribution in [2.24, 2.45) is 0 Å². The Morgan fingerprint density at radius 1 is 0.442 bits per heavy atom. The molecule has 0 fully saturated rings. The molecule has 0 amide bonds. The molecule has 0 aliphatic carbocycles. The highest BCUT2D eigenvalue weighted by Crippen LogP contribution is 2.38. The Labute approximate surface area is 302 Å². The second kappa shape index (κ2) is 13.4. The predicted molar refractivity (Wildman–Crippen MR) is 216 cm³/mol. The fourth-order valence-electron chi connectivity index (χ4n) is 6.78. The van der Waals surface area contributed by atoms with Crippen LogP contribution in [0, 0.1) is 0 Å². The largest absolute Gasteiger partial charge is 0.456 e. The van der Waals surface area contributed by atoms with Crippen LogP contribution in [-0.2, 0) is 0 Å². The number of fused-ring (bicyclic) bond motifs is 4. The number of aromatic nitrogens is 3. The molecule has 0 spiro atoms. The summed E-state index contributed by atoms with van der Waals surface area (Å²) in [7, 11) is 0. The number of nitrogens with zero attached hydrogens (tertiary/aromatic N) is 3. The van der Waals surface area contributed by atoms with Crippen molar-refractivity contribution in [2.75, 3.05) is 0 Å². The molecular weight excluding hydrogens is 635 g/mol. The Balaban J connectivity index is 1.10. The molecule has 4 nitrogen and oxygen atoms in total. The first kappa shape index (κ1) is 31.1. The van der Waals surface area contributed by atoms with Gasteiger partial charge in [-0.25, -0.2) is 15.0 Å². The van der Waals surface area contributed by atoms with Crippen LogP contribution in [0.4, 0.5) is 0 Å². The zero-order chi connectivity index (χ0) is 34.9. The van der Waals surface area contributed by atoms with Gasteiger partial charge in [0.2, 0.25) is 0 Å². The molecule has 9 rings (SSSR count). The van der Waals surface area contributed by atoms with Crippen LogP contribution in [0.25, 0.3) is 95.2 Å². The fraction of sp³-hybridized carbons (Fsp3) is 0.0208. The number of furan rings is 1. The smallest absolute Gasteiger partial charge is 0.164 e. The number of hydrogen-bond acceptors (Lipinski definition) is 4. The molecule has 0 aliphatic heterocycles. The number of benzene rings is 7. The van der Waals surface area contributed by atoms with Crippen LogP contribution in [0.5, 0.6) is 0 Å². The van der Waals surface area contributed by atoms with Crippen LogP contribution >= 0.6 is 0 Å². The molecule has 0 radical (unpaired) electrons. The molecule has 246 valence electrons. The lowest BCUT2D eigenvalue weighted by molar-refractivity contribution is 0.669. The Morgan fingerprint density at radius 3 is 1.85 bits per heavy atom. The van der Waals surface area contributed by atoms with Gasteiger partial charge in [0.15, 0.2) is 17.5 Å². The predicted octanol–water partition coefficient (Wildman–Crippen LogP) is 12.8. The first-order valence-electron chi connectivity index (χ1n) is 17.5. The van der Waals surface area contributed by atoms with Gasteiger partial charge < -0.3 is 4.42 Å². The minimum atomic E-state index is 0.604. The first-order valence-corrected chi connectivity index (χ1v) is 17.5. The maximum atomic E-state index is 6.51. The lowest BCUT2D eigenvalue weighted by Gasteiger charge is -2.10. The van der Waals surface area contributed by atoms with Gasteiger partial charge >= 0.3 is 0 Å². The van der Waals surface area contributed by atoms with Crippen LogP contribution in [0.3, 0.4) is 0 Å². The summed E-state index contributed by atoms with van der Waals surface area (Å²) in [5.74, 6) is 1.86. The first-order chi connectivity index (χ1) is 25.7. The molecule has 0 saturated heterocycles. The highest BCUT2D eigenvalue weighted by Gasteiger charge is 2.18. The normalized spacial score (nSPS) is 11.8. The van der Waals surface area contributed by atoms with Gasteiger partial charge in [-0.2, -0.15) is 0 Å². The highest BCUT2D eigenvalue weighted by molar-refractivity contribution is 6.12. The molecular formula is C48H33N3O. The van der Waals surface area contributed by atoms with Crippen molar-refractivity contribution in [1.82, 2.24) is 15.0 Å². The molecule has 0 unspecified atom stereocenters.